The Bertz CT molecular complexity index is 630. The Morgan fingerprint density at radius 1 is 1.20 bits per heavy atom. The Kier molecular flexibility index (Phi) is 5.37. The fraction of sp³-hybridized carbons (Fsp3) is 0.308. The van der Waals surface area contributed by atoms with Crippen molar-refractivity contribution in [3.05, 3.63) is 32.8 Å². The zero-order chi connectivity index (χ0) is 13.4. The minimum Gasteiger partial charge on any atom is -0.367 e. The third-order valence-electron chi connectivity index (χ3n) is 3.29. The highest BCUT2D eigenvalue weighted by Crippen LogP contribution is 2.38. The summed E-state index contributed by atoms with van der Waals surface area (Å²) >= 11 is 15.9. The van der Waals surface area contributed by atoms with E-state index in [1.54, 1.807) is 6.20 Å². The summed E-state index contributed by atoms with van der Waals surface area (Å²) in [5.74, 6) is 0. The summed E-state index contributed by atoms with van der Waals surface area (Å²) in [6.45, 7) is 3.91. The van der Waals surface area contributed by atoms with Crippen molar-refractivity contribution in [1.29, 1.82) is 0 Å². The SMILES string of the molecule is Cl.Clc1ccc2c(N3CCNCC3)c(Br)cnc2c1Cl. The van der Waals surface area contributed by atoms with E-state index < -0.39 is 0 Å². The third kappa shape index (κ3) is 2.85. The van der Waals surface area contributed by atoms with Crippen LogP contribution in [0, 0.1) is 0 Å². The molecule has 1 fully saturated rings. The van der Waals surface area contributed by atoms with Crippen LogP contribution in [0.1, 0.15) is 0 Å². The average molecular weight is 398 g/mol. The molecular formula is C13H13BrCl3N3. The number of benzene rings is 1. The molecule has 1 aromatic carbocycles. The molecule has 3 rings (SSSR count). The Hall–Kier alpha value is -0.260. The van der Waals surface area contributed by atoms with Gasteiger partial charge in [0.15, 0.2) is 0 Å². The third-order valence-corrected chi connectivity index (χ3v) is 4.67. The molecule has 20 heavy (non-hydrogen) atoms. The van der Waals surface area contributed by atoms with Gasteiger partial charge in [-0.15, -0.1) is 12.4 Å². The molecule has 1 N–H and O–H groups in total. The number of fused-ring (bicyclic) bond motifs is 1. The van der Waals surface area contributed by atoms with Gasteiger partial charge in [0.25, 0.3) is 0 Å². The van der Waals surface area contributed by atoms with Gasteiger partial charge in [0.05, 0.1) is 25.7 Å². The van der Waals surface area contributed by atoms with Gasteiger partial charge < -0.3 is 10.2 Å². The normalized spacial score (nSPS) is 15.2. The van der Waals surface area contributed by atoms with E-state index in [9.17, 15) is 0 Å². The maximum Gasteiger partial charge on any atom is 0.0925 e. The van der Waals surface area contributed by atoms with Crippen molar-refractivity contribution in [1.82, 2.24) is 10.3 Å². The van der Waals surface area contributed by atoms with Crippen LogP contribution in [0.25, 0.3) is 10.9 Å². The topological polar surface area (TPSA) is 28.2 Å². The van der Waals surface area contributed by atoms with Crippen molar-refractivity contribution in [3.63, 3.8) is 0 Å². The number of pyridine rings is 1. The standard InChI is InChI=1S/C13H12BrCl2N3.ClH/c14-9-7-18-12-8(1-2-10(15)11(12)16)13(9)19-5-3-17-4-6-19;/h1-2,7,17H,3-6H2;1H. The molecule has 0 unspecified atom stereocenters. The Morgan fingerprint density at radius 2 is 1.90 bits per heavy atom. The van der Waals surface area contributed by atoms with Crippen molar-refractivity contribution in [2.45, 2.75) is 0 Å². The second-order valence-electron chi connectivity index (χ2n) is 4.45. The lowest BCUT2D eigenvalue weighted by Crippen LogP contribution is -2.43. The average Bonchev–Trinajstić information content (AvgIpc) is 2.44. The van der Waals surface area contributed by atoms with Crippen molar-refractivity contribution >= 4 is 68.1 Å². The lowest BCUT2D eigenvalue weighted by molar-refractivity contribution is 0.589. The van der Waals surface area contributed by atoms with E-state index in [0.29, 0.717) is 10.0 Å². The first kappa shape index (κ1) is 16.1. The molecule has 108 valence electrons. The van der Waals surface area contributed by atoms with Crippen LogP contribution in [0.15, 0.2) is 22.8 Å². The quantitative estimate of drug-likeness (QED) is 0.784. The fourth-order valence-electron chi connectivity index (χ4n) is 2.38. The van der Waals surface area contributed by atoms with Crippen LogP contribution in [0.4, 0.5) is 5.69 Å². The van der Waals surface area contributed by atoms with Crippen LogP contribution in [0.3, 0.4) is 0 Å². The zero-order valence-electron chi connectivity index (χ0n) is 10.5. The second-order valence-corrected chi connectivity index (χ2v) is 6.09. The minimum absolute atomic E-state index is 0. The molecule has 0 aliphatic carbocycles. The molecule has 1 aliphatic heterocycles. The van der Waals surface area contributed by atoms with Crippen LogP contribution < -0.4 is 10.2 Å². The summed E-state index contributed by atoms with van der Waals surface area (Å²) in [6.07, 6.45) is 1.79. The van der Waals surface area contributed by atoms with Gasteiger partial charge in [-0.1, -0.05) is 23.2 Å². The number of halogens is 4. The molecule has 7 heteroatoms. The first-order valence-corrected chi connectivity index (χ1v) is 7.61. The molecule has 0 spiro atoms. The summed E-state index contributed by atoms with van der Waals surface area (Å²) in [7, 11) is 0. The van der Waals surface area contributed by atoms with E-state index in [4.69, 9.17) is 23.2 Å². The molecule has 0 atom stereocenters. The molecule has 3 nitrogen and oxygen atoms in total. The van der Waals surface area contributed by atoms with Gasteiger partial charge in [-0.05, 0) is 28.1 Å². The molecule has 2 aromatic rings. The fourth-order valence-corrected chi connectivity index (χ4v) is 3.31. The monoisotopic (exact) mass is 395 g/mol. The van der Waals surface area contributed by atoms with E-state index in [0.717, 1.165) is 47.2 Å². The maximum absolute atomic E-state index is 6.25. The van der Waals surface area contributed by atoms with Crippen LogP contribution >= 0.6 is 51.5 Å². The predicted molar refractivity (Wildman–Crippen MR) is 91.8 cm³/mol. The van der Waals surface area contributed by atoms with E-state index in [2.05, 4.69) is 31.1 Å². The lowest BCUT2D eigenvalue weighted by Gasteiger charge is -2.31. The number of aromatic nitrogens is 1. The molecule has 1 aromatic heterocycles. The minimum atomic E-state index is 0. The summed E-state index contributed by atoms with van der Waals surface area (Å²) < 4.78 is 0.986. The number of hydrogen-bond donors (Lipinski definition) is 1. The highest BCUT2D eigenvalue weighted by Gasteiger charge is 2.18. The summed E-state index contributed by atoms with van der Waals surface area (Å²) in [4.78, 5) is 6.73. The number of nitrogens with zero attached hydrogens (tertiary/aromatic N) is 2. The molecule has 0 radical (unpaired) electrons. The van der Waals surface area contributed by atoms with Crippen LogP contribution in [-0.4, -0.2) is 31.2 Å². The van der Waals surface area contributed by atoms with Crippen molar-refractivity contribution in [3.8, 4) is 0 Å². The van der Waals surface area contributed by atoms with E-state index in [1.165, 1.54) is 0 Å². The second kappa shape index (κ2) is 6.67. The number of rotatable bonds is 1. The van der Waals surface area contributed by atoms with Crippen LogP contribution in [-0.2, 0) is 0 Å². The lowest BCUT2D eigenvalue weighted by atomic mass is 10.1. The Morgan fingerprint density at radius 3 is 2.60 bits per heavy atom. The van der Waals surface area contributed by atoms with Gasteiger partial charge in [-0.25, -0.2) is 0 Å². The summed E-state index contributed by atoms with van der Waals surface area (Å²) in [5.41, 5.74) is 1.90. The molecule has 1 saturated heterocycles. The number of piperazine rings is 1. The molecule has 1 aliphatic rings. The number of anilines is 1. The highest BCUT2D eigenvalue weighted by atomic mass is 79.9. The van der Waals surface area contributed by atoms with Gasteiger partial charge in [0.1, 0.15) is 0 Å². The Balaban J connectivity index is 0.00000147. The molecule has 0 saturated carbocycles. The van der Waals surface area contributed by atoms with Gasteiger partial charge >= 0.3 is 0 Å². The molecule has 2 heterocycles. The van der Waals surface area contributed by atoms with E-state index in [1.807, 2.05) is 12.1 Å². The Labute approximate surface area is 142 Å². The van der Waals surface area contributed by atoms with Crippen molar-refractivity contribution in [2.24, 2.45) is 0 Å². The predicted octanol–water partition coefficient (Wildman–Crippen LogP) is 4.14. The maximum atomic E-state index is 6.25. The van der Waals surface area contributed by atoms with Gasteiger partial charge in [0.2, 0.25) is 0 Å². The van der Waals surface area contributed by atoms with E-state index in [-0.39, 0.29) is 12.4 Å². The molecular weight excluding hydrogens is 384 g/mol. The van der Waals surface area contributed by atoms with Crippen LogP contribution in [0.2, 0.25) is 10.0 Å². The number of hydrogen-bond acceptors (Lipinski definition) is 3. The van der Waals surface area contributed by atoms with Crippen LogP contribution in [0.5, 0.6) is 0 Å². The molecule has 0 bridgehead atoms. The summed E-state index contributed by atoms with van der Waals surface area (Å²) in [5, 5.41) is 5.44. The zero-order valence-corrected chi connectivity index (χ0v) is 14.4. The largest absolute Gasteiger partial charge is 0.367 e. The highest BCUT2D eigenvalue weighted by molar-refractivity contribution is 9.10. The van der Waals surface area contributed by atoms with E-state index >= 15 is 0 Å². The van der Waals surface area contributed by atoms with Crippen molar-refractivity contribution < 1.29 is 0 Å². The van der Waals surface area contributed by atoms with Crippen molar-refractivity contribution in [2.75, 3.05) is 31.1 Å². The smallest absolute Gasteiger partial charge is 0.0925 e. The van der Waals surface area contributed by atoms with Gasteiger partial charge in [-0.2, -0.15) is 0 Å². The number of nitrogens with one attached hydrogen (secondary N) is 1. The van der Waals surface area contributed by atoms with Gasteiger partial charge in [-0.3, -0.25) is 4.98 Å². The summed E-state index contributed by atoms with van der Waals surface area (Å²) in [6, 6.07) is 3.81. The van der Waals surface area contributed by atoms with Gasteiger partial charge in [0, 0.05) is 37.8 Å². The molecule has 0 amide bonds. The first-order valence-electron chi connectivity index (χ1n) is 6.06. The first-order chi connectivity index (χ1) is 9.18.